The van der Waals surface area contributed by atoms with Gasteiger partial charge in [-0.15, -0.1) is 0 Å². The second kappa shape index (κ2) is 4.75. The Balaban J connectivity index is 2.28. The third-order valence-electron chi connectivity index (χ3n) is 2.67. The first-order chi connectivity index (χ1) is 8.08. The second-order valence-corrected chi connectivity index (χ2v) is 4.60. The number of rotatable bonds is 3. The van der Waals surface area contributed by atoms with Gasteiger partial charge in [0.1, 0.15) is 5.75 Å². The number of carbonyl (C=O) groups excluding carboxylic acids is 1. The molecule has 1 unspecified atom stereocenters. The van der Waals surface area contributed by atoms with Gasteiger partial charge in [-0.2, -0.15) is 0 Å². The summed E-state index contributed by atoms with van der Waals surface area (Å²) in [5.41, 5.74) is 6.62. The Morgan fingerprint density at radius 1 is 1.41 bits per heavy atom. The minimum Gasteiger partial charge on any atom is -0.489 e. The average molecular weight is 234 g/mol. The van der Waals surface area contributed by atoms with Crippen LogP contribution in [0.3, 0.4) is 0 Å². The monoisotopic (exact) mass is 234 g/mol. The van der Waals surface area contributed by atoms with Gasteiger partial charge < -0.3 is 15.4 Å². The molecular formula is C13H18N2O2. The molecule has 17 heavy (non-hydrogen) atoms. The molecule has 0 aliphatic carbocycles. The number of amides is 1. The maximum Gasteiger partial charge on any atom is 0.228 e. The fraction of sp³-hybridized carbons (Fsp3) is 0.462. The number of benzene rings is 1. The van der Waals surface area contributed by atoms with E-state index < -0.39 is 0 Å². The molecule has 2 rings (SSSR count). The van der Waals surface area contributed by atoms with Crippen molar-refractivity contribution in [1.29, 1.82) is 0 Å². The maximum atomic E-state index is 11.8. The van der Waals surface area contributed by atoms with E-state index in [1.54, 1.807) is 4.90 Å². The minimum absolute atomic E-state index is 0.0670. The lowest BCUT2D eigenvalue weighted by atomic mass is 10.2. The molecule has 0 aromatic heterocycles. The zero-order valence-electron chi connectivity index (χ0n) is 10.2. The first kappa shape index (κ1) is 11.9. The molecule has 1 aromatic rings. The van der Waals surface area contributed by atoms with E-state index in [0.717, 1.165) is 11.4 Å². The molecule has 0 spiro atoms. The van der Waals surface area contributed by atoms with Crippen molar-refractivity contribution in [2.75, 3.05) is 11.4 Å². The Kier molecular flexibility index (Phi) is 3.33. The highest BCUT2D eigenvalue weighted by Gasteiger charge is 2.29. The topological polar surface area (TPSA) is 55.6 Å². The molecule has 92 valence electrons. The van der Waals surface area contributed by atoms with Crippen LogP contribution in [0.15, 0.2) is 24.3 Å². The van der Waals surface area contributed by atoms with Gasteiger partial charge in [0.15, 0.2) is 0 Å². The van der Waals surface area contributed by atoms with Gasteiger partial charge in [0, 0.05) is 19.0 Å². The number of carbonyl (C=O) groups is 1. The predicted octanol–water partition coefficient (Wildman–Crippen LogP) is 1.54. The summed E-state index contributed by atoms with van der Waals surface area (Å²) in [6.45, 7) is 4.50. The lowest BCUT2D eigenvalue weighted by Gasteiger charge is -2.21. The Hall–Kier alpha value is -1.55. The van der Waals surface area contributed by atoms with Crippen LogP contribution in [0.5, 0.6) is 5.75 Å². The van der Waals surface area contributed by atoms with Gasteiger partial charge in [0.25, 0.3) is 0 Å². The lowest BCUT2D eigenvalue weighted by molar-refractivity contribution is -0.117. The zero-order valence-corrected chi connectivity index (χ0v) is 10.2. The highest BCUT2D eigenvalue weighted by atomic mass is 16.5. The van der Waals surface area contributed by atoms with Crippen molar-refractivity contribution in [2.24, 2.45) is 5.73 Å². The van der Waals surface area contributed by atoms with Crippen molar-refractivity contribution in [3.63, 3.8) is 0 Å². The van der Waals surface area contributed by atoms with E-state index in [1.807, 2.05) is 38.1 Å². The molecule has 0 bridgehead atoms. The van der Waals surface area contributed by atoms with E-state index in [4.69, 9.17) is 10.5 Å². The van der Waals surface area contributed by atoms with Crippen LogP contribution in [0.2, 0.25) is 0 Å². The van der Waals surface area contributed by atoms with Gasteiger partial charge in [-0.3, -0.25) is 4.79 Å². The summed E-state index contributed by atoms with van der Waals surface area (Å²) in [6, 6.07) is 7.51. The number of nitrogens with two attached hydrogens (primary N) is 1. The molecule has 1 atom stereocenters. The molecule has 1 fully saturated rings. The Morgan fingerprint density at radius 2 is 2.12 bits per heavy atom. The SMILES string of the molecule is CC(C)Oc1ccccc1N1CC(N)CC1=O. The lowest BCUT2D eigenvalue weighted by Crippen LogP contribution is -2.28. The predicted molar refractivity (Wildman–Crippen MR) is 67.2 cm³/mol. The molecule has 2 N–H and O–H groups in total. The zero-order chi connectivity index (χ0) is 12.4. The number of ether oxygens (including phenoxy) is 1. The van der Waals surface area contributed by atoms with Gasteiger partial charge >= 0.3 is 0 Å². The van der Waals surface area contributed by atoms with Crippen molar-refractivity contribution in [3.05, 3.63) is 24.3 Å². The van der Waals surface area contributed by atoms with Gasteiger partial charge in [-0.05, 0) is 26.0 Å². The summed E-state index contributed by atoms with van der Waals surface area (Å²) in [5.74, 6) is 0.808. The fourth-order valence-corrected chi connectivity index (χ4v) is 2.00. The molecule has 1 amide bonds. The van der Waals surface area contributed by atoms with Crippen molar-refractivity contribution in [3.8, 4) is 5.75 Å². The van der Waals surface area contributed by atoms with Crippen molar-refractivity contribution < 1.29 is 9.53 Å². The number of hydrogen-bond acceptors (Lipinski definition) is 3. The van der Waals surface area contributed by atoms with Crippen molar-refractivity contribution >= 4 is 11.6 Å². The molecule has 1 saturated heterocycles. The van der Waals surface area contributed by atoms with E-state index in [2.05, 4.69) is 0 Å². The normalized spacial score (nSPS) is 20.1. The van der Waals surface area contributed by atoms with Gasteiger partial charge in [-0.25, -0.2) is 0 Å². The molecule has 4 heteroatoms. The van der Waals surface area contributed by atoms with Crippen LogP contribution in [0, 0.1) is 0 Å². The Bertz CT molecular complexity index is 418. The number of para-hydroxylation sites is 2. The van der Waals surface area contributed by atoms with E-state index in [9.17, 15) is 4.79 Å². The molecule has 1 aromatic carbocycles. The smallest absolute Gasteiger partial charge is 0.228 e. The summed E-state index contributed by atoms with van der Waals surface area (Å²) in [5, 5.41) is 0. The summed E-state index contributed by atoms with van der Waals surface area (Å²) in [7, 11) is 0. The van der Waals surface area contributed by atoms with Crippen LogP contribution in [-0.4, -0.2) is 24.6 Å². The Labute approximate surface area is 101 Å². The van der Waals surface area contributed by atoms with E-state index in [0.29, 0.717) is 13.0 Å². The van der Waals surface area contributed by atoms with Crippen LogP contribution in [-0.2, 0) is 4.79 Å². The fourth-order valence-electron chi connectivity index (χ4n) is 2.00. The third-order valence-corrected chi connectivity index (χ3v) is 2.67. The van der Waals surface area contributed by atoms with Crippen LogP contribution in [0.4, 0.5) is 5.69 Å². The van der Waals surface area contributed by atoms with E-state index >= 15 is 0 Å². The molecule has 0 saturated carbocycles. The minimum atomic E-state index is -0.0744. The van der Waals surface area contributed by atoms with Crippen LogP contribution in [0.25, 0.3) is 0 Å². The molecule has 0 radical (unpaired) electrons. The van der Waals surface area contributed by atoms with Crippen LogP contribution >= 0.6 is 0 Å². The van der Waals surface area contributed by atoms with Crippen molar-refractivity contribution in [1.82, 2.24) is 0 Å². The number of anilines is 1. The average Bonchev–Trinajstić information content (AvgIpc) is 2.58. The first-order valence-electron chi connectivity index (χ1n) is 5.89. The molecular weight excluding hydrogens is 216 g/mol. The van der Waals surface area contributed by atoms with Gasteiger partial charge in [0.2, 0.25) is 5.91 Å². The molecule has 1 heterocycles. The third kappa shape index (κ3) is 2.58. The summed E-state index contributed by atoms with van der Waals surface area (Å²) in [4.78, 5) is 13.5. The first-order valence-corrected chi connectivity index (χ1v) is 5.89. The second-order valence-electron chi connectivity index (χ2n) is 4.60. The largest absolute Gasteiger partial charge is 0.489 e. The Morgan fingerprint density at radius 3 is 2.71 bits per heavy atom. The van der Waals surface area contributed by atoms with Crippen molar-refractivity contribution in [2.45, 2.75) is 32.4 Å². The van der Waals surface area contributed by atoms with E-state index in [1.165, 1.54) is 0 Å². The number of nitrogens with zero attached hydrogens (tertiary/aromatic N) is 1. The van der Waals surface area contributed by atoms with Crippen LogP contribution < -0.4 is 15.4 Å². The van der Waals surface area contributed by atoms with Gasteiger partial charge in [0.05, 0.1) is 11.8 Å². The number of hydrogen-bond donors (Lipinski definition) is 1. The summed E-state index contributed by atoms with van der Waals surface area (Å²) < 4.78 is 5.71. The molecule has 1 aliphatic heterocycles. The summed E-state index contributed by atoms with van der Waals surface area (Å²) >= 11 is 0. The highest BCUT2D eigenvalue weighted by Crippen LogP contribution is 2.31. The molecule has 4 nitrogen and oxygen atoms in total. The molecule has 1 aliphatic rings. The van der Waals surface area contributed by atoms with Crippen LogP contribution in [0.1, 0.15) is 20.3 Å². The van der Waals surface area contributed by atoms with Gasteiger partial charge in [-0.1, -0.05) is 12.1 Å². The standard InChI is InChI=1S/C13H18N2O2/c1-9(2)17-12-6-4-3-5-11(12)15-8-10(14)7-13(15)16/h3-6,9-10H,7-8,14H2,1-2H3. The van der Waals surface area contributed by atoms with E-state index in [-0.39, 0.29) is 18.1 Å². The highest BCUT2D eigenvalue weighted by molar-refractivity contribution is 5.97. The quantitative estimate of drug-likeness (QED) is 0.863. The maximum absolute atomic E-state index is 11.8. The summed E-state index contributed by atoms with van der Waals surface area (Å²) in [6.07, 6.45) is 0.498.